The number of nitrogens with zero attached hydrogens (tertiary/aromatic N) is 1. The molecule has 154 valence electrons. The summed E-state index contributed by atoms with van der Waals surface area (Å²) in [7, 11) is -3.67. The summed E-state index contributed by atoms with van der Waals surface area (Å²) >= 11 is 0. The van der Waals surface area contributed by atoms with E-state index in [9.17, 15) is 8.42 Å². The lowest BCUT2D eigenvalue weighted by Gasteiger charge is -2.12. The lowest BCUT2D eigenvalue weighted by atomic mass is 10.2. The van der Waals surface area contributed by atoms with Crippen molar-refractivity contribution in [3.05, 3.63) is 54.0 Å². The SMILES string of the molecule is CCCCCCNC(=NCc1ccc(S(N)(=O)=O)cc1)NCCc1ccco1. The lowest BCUT2D eigenvalue weighted by molar-refractivity contribution is 0.506. The van der Waals surface area contributed by atoms with E-state index in [1.165, 1.54) is 31.4 Å². The summed E-state index contributed by atoms with van der Waals surface area (Å²) in [5.41, 5.74) is 0.908. The second-order valence-corrected chi connectivity index (χ2v) is 8.16. The largest absolute Gasteiger partial charge is 0.469 e. The second kappa shape index (κ2) is 11.5. The molecule has 0 saturated heterocycles. The van der Waals surface area contributed by atoms with Crippen LogP contribution in [0.15, 0.2) is 57.0 Å². The number of nitrogens with two attached hydrogens (primary N) is 1. The molecule has 0 aliphatic heterocycles. The van der Waals surface area contributed by atoms with Gasteiger partial charge in [0.1, 0.15) is 5.76 Å². The molecule has 0 fully saturated rings. The van der Waals surface area contributed by atoms with Gasteiger partial charge in [-0.15, -0.1) is 0 Å². The average molecular weight is 407 g/mol. The van der Waals surface area contributed by atoms with E-state index in [1.54, 1.807) is 18.4 Å². The van der Waals surface area contributed by atoms with Gasteiger partial charge in [-0.05, 0) is 36.2 Å². The predicted octanol–water partition coefficient (Wildman–Crippen LogP) is 2.79. The number of aliphatic imine (C=N–C) groups is 1. The molecule has 0 bridgehead atoms. The summed E-state index contributed by atoms with van der Waals surface area (Å²) in [4.78, 5) is 4.71. The molecule has 0 radical (unpaired) electrons. The first-order valence-corrected chi connectivity index (χ1v) is 11.2. The highest BCUT2D eigenvalue weighted by molar-refractivity contribution is 7.89. The number of unbranched alkanes of at least 4 members (excludes halogenated alkanes) is 3. The normalized spacial score (nSPS) is 12.1. The van der Waals surface area contributed by atoms with Gasteiger partial charge in [0.25, 0.3) is 0 Å². The molecular formula is C20H30N4O3S. The number of rotatable bonds is 11. The molecule has 0 aliphatic carbocycles. The first kappa shape index (κ1) is 22.0. The minimum atomic E-state index is -3.67. The summed E-state index contributed by atoms with van der Waals surface area (Å²) in [5, 5.41) is 11.8. The maximum atomic E-state index is 11.3. The van der Waals surface area contributed by atoms with Gasteiger partial charge < -0.3 is 15.1 Å². The number of primary sulfonamides is 1. The zero-order valence-electron chi connectivity index (χ0n) is 16.4. The van der Waals surface area contributed by atoms with Gasteiger partial charge in [-0.25, -0.2) is 18.5 Å². The van der Waals surface area contributed by atoms with E-state index in [2.05, 4.69) is 22.5 Å². The summed E-state index contributed by atoms with van der Waals surface area (Å²) in [6.45, 7) is 4.20. The molecule has 0 atom stereocenters. The number of hydrogen-bond donors (Lipinski definition) is 3. The Morgan fingerprint density at radius 1 is 1.07 bits per heavy atom. The van der Waals surface area contributed by atoms with E-state index in [4.69, 9.17) is 9.56 Å². The van der Waals surface area contributed by atoms with Crippen molar-refractivity contribution in [3.8, 4) is 0 Å². The fraction of sp³-hybridized carbons (Fsp3) is 0.450. The van der Waals surface area contributed by atoms with Crippen LogP contribution in [0.4, 0.5) is 0 Å². The van der Waals surface area contributed by atoms with E-state index < -0.39 is 10.0 Å². The molecular weight excluding hydrogens is 376 g/mol. The van der Waals surface area contributed by atoms with Crippen molar-refractivity contribution in [2.75, 3.05) is 13.1 Å². The Morgan fingerprint density at radius 3 is 2.46 bits per heavy atom. The van der Waals surface area contributed by atoms with E-state index in [0.29, 0.717) is 13.1 Å². The van der Waals surface area contributed by atoms with Crippen LogP contribution in [0.25, 0.3) is 0 Å². The van der Waals surface area contributed by atoms with Crippen molar-refractivity contribution < 1.29 is 12.8 Å². The zero-order valence-corrected chi connectivity index (χ0v) is 17.2. The predicted molar refractivity (Wildman–Crippen MR) is 112 cm³/mol. The highest BCUT2D eigenvalue weighted by atomic mass is 32.2. The minimum Gasteiger partial charge on any atom is -0.469 e. The van der Waals surface area contributed by atoms with Crippen molar-refractivity contribution in [3.63, 3.8) is 0 Å². The molecule has 2 rings (SSSR count). The number of hydrogen-bond acceptors (Lipinski definition) is 4. The fourth-order valence-corrected chi connectivity index (χ4v) is 3.16. The van der Waals surface area contributed by atoms with Gasteiger partial charge in [-0.1, -0.05) is 38.3 Å². The zero-order chi connectivity index (χ0) is 20.2. The average Bonchev–Trinajstić information content (AvgIpc) is 3.18. The summed E-state index contributed by atoms with van der Waals surface area (Å²) in [6.07, 6.45) is 7.16. The highest BCUT2D eigenvalue weighted by Gasteiger charge is 2.07. The van der Waals surface area contributed by atoms with Gasteiger partial charge in [-0.2, -0.15) is 0 Å². The number of sulfonamides is 1. The van der Waals surface area contributed by atoms with Gasteiger partial charge in [-0.3, -0.25) is 0 Å². The molecule has 7 nitrogen and oxygen atoms in total. The van der Waals surface area contributed by atoms with E-state index >= 15 is 0 Å². The van der Waals surface area contributed by atoms with E-state index in [1.807, 2.05) is 12.1 Å². The van der Waals surface area contributed by atoms with E-state index in [0.717, 1.165) is 36.7 Å². The molecule has 4 N–H and O–H groups in total. The summed E-state index contributed by atoms with van der Waals surface area (Å²) < 4.78 is 28.0. The van der Waals surface area contributed by atoms with Crippen LogP contribution in [0.3, 0.4) is 0 Å². The van der Waals surface area contributed by atoms with Crippen LogP contribution in [0.5, 0.6) is 0 Å². The van der Waals surface area contributed by atoms with Gasteiger partial charge in [0.05, 0.1) is 17.7 Å². The molecule has 0 spiro atoms. The van der Waals surface area contributed by atoms with Crippen LogP contribution < -0.4 is 15.8 Å². The van der Waals surface area contributed by atoms with Crippen LogP contribution in [-0.2, 0) is 23.0 Å². The third-order valence-electron chi connectivity index (χ3n) is 4.24. The smallest absolute Gasteiger partial charge is 0.238 e. The van der Waals surface area contributed by atoms with Gasteiger partial charge in [0.15, 0.2) is 5.96 Å². The Kier molecular flexibility index (Phi) is 9.03. The van der Waals surface area contributed by atoms with Crippen molar-refractivity contribution in [2.45, 2.75) is 50.5 Å². The summed E-state index contributed by atoms with van der Waals surface area (Å²) in [6, 6.07) is 10.3. The Bertz CT molecular complexity index is 816. The van der Waals surface area contributed by atoms with Crippen molar-refractivity contribution in [2.24, 2.45) is 10.1 Å². The van der Waals surface area contributed by atoms with Crippen LogP contribution in [-0.4, -0.2) is 27.5 Å². The molecule has 1 aromatic heterocycles. The van der Waals surface area contributed by atoms with E-state index in [-0.39, 0.29) is 4.90 Å². The first-order chi connectivity index (χ1) is 13.5. The Balaban J connectivity index is 1.91. The molecule has 0 aliphatic rings. The number of nitrogens with one attached hydrogen (secondary N) is 2. The standard InChI is InChI=1S/C20H30N4O3S/c1-2-3-4-5-13-22-20(23-14-12-18-7-6-15-27-18)24-16-17-8-10-19(11-9-17)28(21,25)26/h6-11,15H,2-5,12-14,16H2,1H3,(H2,21,25,26)(H2,22,23,24). The topological polar surface area (TPSA) is 110 Å². The Labute approximate surface area is 167 Å². The molecule has 1 heterocycles. The second-order valence-electron chi connectivity index (χ2n) is 6.60. The van der Waals surface area contributed by atoms with Crippen LogP contribution >= 0.6 is 0 Å². The van der Waals surface area contributed by atoms with Gasteiger partial charge >= 0.3 is 0 Å². The summed E-state index contributed by atoms with van der Waals surface area (Å²) in [5.74, 6) is 1.66. The fourth-order valence-electron chi connectivity index (χ4n) is 2.65. The van der Waals surface area contributed by atoms with Crippen LogP contribution in [0.1, 0.15) is 43.9 Å². The highest BCUT2D eigenvalue weighted by Crippen LogP contribution is 2.09. The Morgan fingerprint density at radius 2 is 1.82 bits per heavy atom. The third-order valence-corrected chi connectivity index (χ3v) is 5.17. The monoisotopic (exact) mass is 406 g/mol. The molecule has 8 heteroatoms. The molecule has 0 unspecified atom stereocenters. The molecule has 0 saturated carbocycles. The van der Waals surface area contributed by atoms with Gasteiger partial charge in [0.2, 0.25) is 10.0 Å². The van der Waals surface area contributed by atoms with Crippen molar-refractivity contribution >= 4 is 16.0 Å². The number of benzene rings is 1. The third kappa shape index (κ3) is 8.14. The number of guanidine groups is 1. The quantitative estimate of drug-likeness (QED) is 0.302. The van der Waals surface area contributed by atoms with Crippen molar-refractivity contribution in [1.82, 2.24) is 10.6 Å². The van der Waals surface area contributed by atoms with Crippen molar-refractivity contribution in [1.29, 1.82) is 0 Å². The first-order valence-electron chi connectivity index (χ1n) is 9.65. The molecule has 28 heavy (non-hydrogen) atoms. The maximum absolute atomic E-state index is 11.3. The molecule has 0 amide bonds. The number of furan rings is 1. The Hall–Kier alpha value is -2.32. The van der Waals surface area contributed by atoms with Gasteiger partial charge in [0, 0.05) is 19.5 Å². The maximum Gasteiger partial charge on any atom is 0.238 e. The van der Waals surface area contributed by atoms with Crippen LogP contribution in [0.2, 0.25) is 0 Å². The molecule has 1 aromatic carbocycles. The van der Waals surface area contributed by atoms with Crippen LogP contribution in [0, 0.1) is 0 Å². The molecule has 2 aromatic rings. The minimum absolute atomic E-state index is 0.103. The lowest BCUT2D eigenvalue weighted by Crippen LogP contribution is -2.39.